The van der Waals surface area contributed by atoms with Crippen LogP contribution in [0.25, 0.3) is 17.0 Å². The average molecular weight is 289 g/mol. The van der Waals surface area contributed by atoms with Crippen LogP contribution < -0.4 is 0 Å². The molecule has 1 aromatic carbocycles. The van der Waals surface area contributed by atoms with Gasteiger partial charge in [0.25, 0.3) is 0 Å². The number of halogens is 2. The summed E-state index contributed by atoms with van der Waals surface area (Å²) >= 11 is 0. The number of pyridine rings is 1. The van der Waals surface area contributed by atoms with Gasteiger partial charge in [-0.15, -0.1) is 10.2 Å². The van der Waals surface area contributed by atoms with E-state index >= 15 is 0 Å². The number of carboxylic acids is 1. The summed E-state index contributed by atoms with van der Waals surface area (Å²) in [6.07, 6.45) is 1.65. The van der Waals surface area contributed by atoms with E-state index in [9.17, 15) is 13.6 Å². The minimum absolute atomic E-state index is 0.0299. The van der Waals surface area contributed by atoms with Crippen LogP contribution in [0.5, 0.6) is 0 Å². The lowest BCUT2D eigenvalue weighted by molar-refractivity contribution is 0.0697. The van der Waals surface area contributed by atoms with E-state index in [2.05, 4.69) is 10.2 Å². The summed E-state index contributed by atoms with van der Waals surface area (Å²) in [4.78, 5) is 11.2. The predicted octanol–water partition coefficient (Wildman–Crippen LogP) is 2.68. The van der Waals surface area contributed by atoms with Gasteiger partial charge in [-0.2, -0.15) is 0 Å². The number of benzene rings is 1. The topological polar surface area (TPSA) is 67.5 Å². The molecule has 0 bridgehead atoms. The zero-order valence-corrected chi connectivity index (χ0v) is 10.8. The summed E-state index contributed by atoms with van der Waals surface area (Å²) in [5.74, 6) is -3.59. The summed E-state index contributed by atoms with van der Waals surface area (Å²) in [7, 11) is 0. The molecule has 0 aliphatic rings. The highest BCUT2D eigenvalue weighted by Gasteiger charge is 2.20. The Morgan fingerprint density at radius 3 is 2.62 bits per heavy atom. The van der Waals surface area contributed by atoms with Crippen molar-refractivity contribution in [2.75, 3.05) is 0 Å². The first kappa shape index (κ1) is 13.2. The van der Waals surface area contributed by atoms with Gasteiger partial charge in [-0.3, -0.25) is 4.40 Å². The van der Waals surface area contributed by atoms with Gasteiger partial charge in [0.15, 0.2) is 23.1 Å². The molecule has 2 heterocycles. The molecular formula is C14H9F2N3O2. The van der Waals surface area contributed by atoms with Crippen molar-refractivity contribution < 1.29 is 18.7 Å². The van der Waals surface area contributed by atoms with Crippen LogP contribution in [-0.4, -0.2) is 25.7 Å². The average Bonchev–Trinajstić information content (AvgIpc) is 2.83. The minimum atomic E-state index is -1.37. The van der Waals surface area contributed by atoms with Gasteiger partial charge < -0.3 is 5.11 Å². The van der Waals surface area contributed by atoms with Crippen molar-refractivity contribution in [2.45, 2.75) is 6.92 Å². The molecule has 0 saturated carbocycles. The Labute approximate surface area is 117 Å². The molecule has 0 aliphatic carbocycles. The number of hydrogen-bond donors (Lipinski definition) is 1. The van der Waals surface area contributed by atoms with Crippen molar-refractivity contribution in [3.8, 4) is 11.4 Å². The second-order valence-electron chi connectivity index (χ2n) is 4.57. The van der Waals surface area contributed by atoms with Crippen molar-refractivity contribution in [1.82, 2.24) is 14.6 Å². The maximum Gasteiger partial charge on any atom is 0.336 e. The van der Waals surface area contributed by atoms with E-state index in [0.717, 1.165) is 11.6 Å². The van der Waals surface area contributed by atoms with Crippen LogP contribution >= 0.6 is 0 Å². The van der Waals surface area contributed by atoms with Gasteiger partial charge in [-0.05, 0) is 36.8 Å². The molecule has 7 heteroatoms. The van der Waals surface area contributed by atoms with E-state index in [-0.39, 0.29) is 17.0 Å². The molecule has 1 N–H and O–H groups in total. The third-order valence-electron chi connectivity index (χ3n) is 3.10. The quantitative estimate of drug-likeness (QED) is 0.787. The molecule has 0 spiro atoms. The molecule has 0 fully saturated rings. The molecule has 3 rings (SSSR count). The number of carbonyl (C=O) groups is 1. The van der Waals surface area contributed by atoms with E-state index < -0.39 is 17.6 Å². The first-order valence-electron chi connectivity index (χ1n) is 6.01. The van der Waals surface area contributed by atoms with Crippen LogP contribution in [0, 0.1) is 18.6 Å². The molecule has 0 saturated heterocycles. The Bertz CT molecular complexity index is 874. The Morgan fingerprint density at radius 1 is 1.19 bits per heavy atom. The third-order valence-corrected chi connectivity index (χ3v) is 3.10. The summed E-state index contributed by atoms with van der Waals surface area (Å²) in [6, 6.07) is 4.98. The highest BCUT2D eigenvalue weighted by Crippen LogP contribution is 2.25. The zero-order chi connectivity index (χ0) is 15.1. The predicted molar refractivity (Wildman–Crippen MR) is 70.0 cm³/mol. The molecule has 0 amide bonds. The van der Waals surface area contributed by atoms with E-state index in [4.69, 9.17) is 5.11 Å². The van der Waals surface area contributed by atoms with Gasteiger partial charge >= 0.3 is 5.97 Å². The molecular weight excluding hydrogens is 280 g/mol. The summed E-state index contributed by atoms with van der Waals surface area (Å²) < 4.78 is 28.2. The monoisotopic (exact) mass is 289 g/mol. The fourth-order valence-corrected chi connectivity index (χ4v) is 2.09. The van der Waals surface area contributed by atoms with Gasteiger partial charge in [-0.25, -0.2) is 13.6 Å². The van der Waals surface area contributed by atoms with Crippen LogP contribution in [0.15, 0.2) is 30.5 Å². The van der Waals surface area contributed by atoms with Gasteiger partial charge in [0.05, 0.1) is 5.56 Å². The van der Waals surface area contributed by atoms with Crippen molar-refractivity contribution in [2.24, 2.45) is 0 Å². The number of rotatable bonds is 2. The van der Waals surface area contributed by atoms with E-state index in [1.807, 2.05) is 6.92 Å². The molecule has 2 aromatic heterocycles. The largest absolute Gasteiger partial charge is 0.478 e. The summed E-state index contributed by atoms with van der Waals surface area (Å²) in [5, 5.41) is 16.9. The second kappa shape index (κ2) is 4.62. The number of carboxylic acid groups (broad SMARTS) is 1. The smallest absolute Gasteiger partial charge is 0.336 e. The Morgan fingerprint density at radius 2 is 1.90 bits per heavy atom. The molecule has 0 unspecified atom stereocenters. The SMILES string of the molecule is Cc1ccn2c(-c3cc(F)c(F)cc3C(=O)O)nnc2c1. The molecule has 0 aliphatic heterocycles. The number of fused-ring (bicyclic) bond motifs is 1. The number of aromatic nitrogens is 3. The molecule has 21 heavy (non-hydrogen) atoms. The minimum Gasteiger partial charge on any atom is -0.478 e. The van der Waals surface area contributed by atoms with Crippen LogP contribution in [0.4, 0.5) is 8.78 Å². The van der Waals surface area contributed by atoms with Gasteiger partial charge in [0.1, 0.15) is 0 Å². The van der Waals surface area contributed by atoms with Crippen molar-refractivity contribution >= 4 is 11.6 Å². The van der Waals surface area contributed by atoms with Crippen LogP contribution in [0.1, 0.15) is 15.9 Å². The van der Waals surface area contributed by atoms with Gasteiger partial charge in [0, 0.05) is 11.8 Å². The lowest BCUT2D eigenvalue weighted by Crippen LogP contribution is -2.04. The van der Waals surface area contributed by atoms with Crippen LogP contribution in [0.3, 0.4) is 0 Å². The summed E-state index contributed by atoms with van der Waals surface area (Å²) in [5.41, 5.74) is 1.04. The lowest BCUT2D eigenvalue weighted by Gasteiger charge is -2.06. The Hall–Kier alpha value is -2.83. The van der Waals surface area contributed by atoms with Crippen molar-refractivity contribution in [3.05, 3.63) is 53.2 Å². The first-order chi connectivity index (χ1) is 9.97. The first-order valence-corrected chi connectivity index (χ1v) is 6.01. The Balaban J connectivity index is 2.32. The van der Waals surface area contributed by atoms with Crippen LogP contribution in [-0.2, 0) is 0 Å². The standard InChI is InChI=1S/C14H9F2N3O2/c1-7-2-3-19-12(4-7)17-18-13(19)8-5-10(15)11(16)6-9(8)14(20)21/h2-6H,1H3,(H,20,21). The number of hydrogen-bond acceptors (Lipinski definition) is 3. The van der Waals surface area contributed by atoms with Gasteiger partial charge in [-0.1, -0.05) is 0 Å². The molecule has 106 valence electrons. The molecule has 5 nitrogen and oxygen atoms in total. The maximum absolute atomic E-state index is 13.5. The molecule has 0 radical (unpaired) electrons. The highest BCUT2D eigenvalue weighted by molar-refractivity contribution is 5.95. The summed E-state index contributed by atoms with van der Waals surface area (Å²) in [6.45, 7) is 1.87. The maximum atomic E-state index is 13.5. The number of aryl methyl sites for hydroxylation is 1. The zero-order valence-electron chi connectivity index (χ0n) is 10.8. The Kier molecular flexibility index (Phi) is 2.90. The van der Waals surface area contributed by atoms with E-state index in [1.165, 1.54) is 4.40 Å². The number of nitrogens with zero attached hydrogens (tertiary/aromatic N) is 3. The third kappa shape index (κ3) is 2.12. The van der Waals surface area contributed by atoms with E-state index in [0.29, 0.717) is 11.7 Å². The van der Waals surface area contributed by atoms with E-state index in [1.54, 1.807) is 18.3 Å². The fourth-order valence-electron chi connectivity index (χ4n) is 2.09. The molecule has 3 aromatic rings. The fraction of sp³-hybridized carbons (Fsp3) is 0.0714. The number of aromatic carboxylic acids is 1. The van der Waals surface area contributed by atoms with Crippen molar-refractivity contribution in [1.29, 1.82) is 0 Å². The normalized spacial score (nSPS) is 11.0. The highest BCUT2D eigenvalue weighted by atomic mass is 19.2. The van der Waals surface area contributed by atoms with Crippen molar-refractivity contribution in [3.63, 3.8) is 0 Å². The molecule has 0 atom stereocenters. The van der Waals surface area contributed by atoms with Gasteiger partial charge in [0.2, 0.25) is 0 Å². The van der Waals surface area contributed by atoms with Crippen LogP contribution in [0.2, 0.25) is 0 Å². The lowest BCUT2D eigenvalue weighted by atomic mass is 10.1. The second-order valence-corrected chi connectivity index (χ2v) is 4.57.